The molecule has 1 aliphatic rings. The quantitative estimate of drug-likeness (QED) is 0.848. The van der Waals surface area contributed by atoms with Gasteiger partial charge in [-0.2, -0.15) is 0 Å². The Morgan fingerprint density at radius 1 is 1.48 bits per heavy atom. The highest BCUT2D eigenvalue weighted by molar-refractivity contribution is 5.78. The largest absolute Gasteiger partial charge is 0.434 e. The van der Waals surface area contributed by atoms with Crippen LogP contribution >= 0.6 is 0 Å². The number of H-pyrrole nitrogens is 2. The lowest BCUT2D eigenvalue weighted by Crippen LogP contribution is -2.39. The fourth-order valence-corrected chi connectivity index (χ4v) is 2.61. The molecule has 2 N–H and O–H groups in total. The van der Waals surface area contributed by atoms with E-state index < -0.39 is 5.76 Å². The Morgan fingerprint density at radius 2 is 2.24 bits per heavy atom. The molecule has 0 saturated carbocycles. The van der Waals surface area contributed by atoms with E-state index in [0.29, 0.717) is 25.4 Å². The smallest absolute Gasteiger partial charge is 0.392 e. The molecule has 1 amide bonds. The van der Waals surface area contributed by atoms with E-state index >= 15 is 0 Å². The van der Waals surface area contributed by atoms with Crippen molar-refractivity contribution in [2.75, 3.05) is 13.1 Å². The number of rotatable bonds is 3. The summed E-state index contributed by atoms with van der Waals surface area (Å²) < 4.78 is 4.98. The van der Waals surface area contributed by atoms with Gasteiger partial charge < -0.3 is 14.3 Å². The van der Waals surface area contributed by atoms with Gasteiger partial charge in [0.05, 0.1) is 18.4 Å². The van der Waals surface area contributed by atoms with E-state index in [4.69, 9.17) is 4.42 Å². The zero-order valence-corrected chi connectivity index (χ0v) is 11.8. The molecule has 0 spiro atoms. The van der Waals surface area contributed by atoms with Crippen molar-refractivity contribution in [1.29, 1.82) is 0 Å². The molecular weight excluding hydrogens is 274 g/mol. The summed E-state index contributed by atoms with van der Waals surface area (Å²) in [5.74, 6) is 0.0833. The van der Waals surface area contributed by atoms with Crippen molar-refractivity contribution in [2.24, 2.45) is 0 Å². The van der Waals surface area contributed by atoms with E-state index in [1.54, 1.807) is 6.33 Å². The van der Waals surface area contributed by atoms with Crippen LogP contribution in [-0.2, 0) is 11.2 Å². The van der Waals surface area contributed by atoms with Gasteiger partial charge in [-0.15, -0.1) is 5.10 Å². The molecule has 2 aromatic heterocycles. The molecule has 1 saturated heterocycles. The number of likely N-dealkylation sites (tertiary alicyclic amines) is 1. The lowest BCUT2D eigenvalue weighted by Gasteiger charge is -2.30. The number of aromatic amines is 2. The van der Waals surface area contributed by atoms with Crippen molar-refractivity contribution in [3.05, 3.63) is 34.2 Å². The lowest BCUT2D eigenvalue weighted by molar-refractivity contribution is -0.131. The van der Waals surface area contributed by atoms with Crippen LogP contribution in [0.2, 0.25) is 0 Å². The van der Waals surface area contributed by atoms with Crippen LogP contribution in [0.1, 0.15) is 36.0 Å². The van der Waals surface area contributed by atoms with Crippen LogP contribution < -0.4 is 5.76 Å². The first kappa shape index (κ1) is 13.6. The number of hydrogen-bond acceptors (Lipinski definition) is 5. The SMILES string of the molecule is Cc1[nH]cnc1CC(=O)N1CCC(c2n[nH]c(=O)o2)CC1. The molecule has 3 rings (SSSR count). The highest BCUT2D eigenvalue weighted by Gasteiger charge is 2.27. The maximum absolute atomic E-state index is 12.2. The summed E-state index contributed by atoms with van der Waals surface area (Å²) in [5.41, 5.74) is 1.72. The minimum absolute atomic E-state index is 0.0760. The van der Waals surface area contributed by atoms with Gasteiger partial charge in [-0.25, -0.2) is 14.9 Å². The Morgan fingerprint density at radius 3 is 2.81 bits per heavy atom. The molecule has 0 aromatic carbocycles. The molecule has 2 aromatic rings. The van der Waals surface area contributed by atoms with Crippen LogP contribution in [0.3, 0.4) is 0 Å². The molecule has 0 radical (unpaired) electrons. The molecule has 1 fully saturated rings. The number of nitrogens with one attached hydrogen (secondary N) is 2. The fourth-order valence-electron chi connectivity index (χ4n) is 2.61. The number of amides is 1. The number of aryl methyl sites for hydroxylation is 1. The summed E-state index contributed by atoms with van der Waals surface area (Å²) in [4.78, 5) is 32.1. The summed E-state index contributed by atoms with van der Waals surface area (Å²) in [6.45, 7) is 3.19. The Hall–Kier alpha value is -2.38. The molecule has 3 heterocycles. The molecule has 21 heavy (non-hydrogen) atoms. The van der Waals surface area contributed by atoms with Crippen LogP contribution in [0, 0.1) is 6.92 Å². The average Bonchev–Trinajstić information content (AvgIpc) is 3.08. The predicted octanol–water partition coefficient (Wildman–Crippen LogP) is 0.343. The highest BCUT2D eigenvalue weighted by Crippen LogP contribution is 2.26. The number of imidazole rings is 1. The fraction of sp³-hybridized carbons (Fsp3) is 0.538. The number of carbonyl (C=O) groups is 1. The van der Waals surface area contributed by atoms with Gasteiger partial charge in [0.15, 0.2) is 0 Å². The standard InChI is InChI=1S/C13H17N5O3/c1-8-10(15-7-14-8)6-11(19)18-4-2-9(3-5-18)12-16-17-13(20)21-12/h7,9H,2-6H2,1H3,(H,14,15)(H,17,20). The second kappa shape index (κ2) is 5.55. The Balaban J connectivity index is 1.57. The van der Waals surface area contributed by atoms with Crippen molar-refractivity contribution in [2.45, 2.75) is 32.1 Å². The minimum Gasteiger partial charge on any atom is -0.392 e. The Labute approximate surface area is 120 Å². The van der Waals surface area contributed by atoms with Gasteiger partial charge in [0.1, 0.15) is 0 Å². The molecule has 1 aliphatic heterocycles. The summed E-state index contributed by atoms with van der Waals surface area (Å²) in [6.07, 6.45) is 3.42. The van der Waals surface area contributed by atoms with Crippen molar-refractivity contribution in [1.82, 2.24) is 25.1 Å². The average molecular weight is 291 g/mol. The van der Waals surface area contributed by atoms with E-state index in [1.165, 1.54) is 0 Å². The van der Waals surface area contributed by atoms with Gasteiger partial charge in [0.25, 0.3) is 0 Å². The van der Waals surface area contributed by atoms with Crippen LogP contribution in [-0.4, -0.2) is 44.1 Å². The van der Waals surface area contributed by atoms with E-state index in [2.05, 4.69) is 20.2 Å². The monoisotopic (exact) mass is 291 g/mol. The summed E-state index contributed by atoms with van der Waals surface area (Å²) in [5, 5.41) is 6.13. The van der Waals surface area contributed by atoms with Crippen LogP contribution in [0.25, 0.3) is 0 Å². The number of carbonyl (C=O) groups excluding carboxylic acids is 1. The van der Waals surface area contributed by atoms with Crippen molar-refractivity contribution >= 4 is 5.91 Å². The lowest BCUT2D eigenvalue weighted by atomic mass is 9.96. The van der Waals surface area contributed by atoms with Crippen LogP contribution in [0.5, 0.6) is 0 Å². The third-order valence-electron chi connectivity index (χ3n) is 3.90. The van der Waals surface area contributed by atoms with Gasteiger partial charge in [-0.1, -0.05) is 0 Å². The van der Waals surface area contributed by atoms with Crippen molar-refractivity contribution in [3.8, 4) is 0 Å². The highest BCUT2D eigenvalue weighted by atomic mass is 16.4. The van der Waals surface area contributed by atoms with Gasteiger partial charge in [0, 0.05) is 24.7 Å². The Kier molecular flexibility index (Phi) is 3.59. The van der Waals surface area contributed by atoms with Crippen molar-refractivity contribution < 1.29 is 9.21 Å². The first-order valence-corrected chi connectivity index (χ1v) is 6.95. The van der Waals surface area contributed by atoms with Crippen LogP contribution in [0.4, 0.5) is 0 Å². The molecule has 0 unspecified atom stereocenters. The minimum atomic E-state index is -0.530. The zero-order chi connectivity index (χ0) is 14.8. The van der Waals surface area contributed by atoms with Gasteiger partial charge in [0.2, 0.25) is 11.8 Å². The van der Waals surface area contributed by atoms with E-state index in [0.717, 1.165) is 24.2 Å². The molecule has 8 nitrogen and oxygen atoms in total. The number of aromatic nitrogens is 4. The number of nitrogens with zero attached hydrogens (tertiary/aromatic N) is 3. The van der Waals surface area contributed by atoms with Crippen molar-refractivity contribution in [3.63, 3.8) is 0 Å². The van der Waals surface area contributed by atoms with E-state index in [1.807, 2.05) is 11.8 Å². The normalized spacial score (nSPS) is 16.3. The number of hydrogen-bond donors (Lipinski definition) is 2. The third-order valence-corrected chi connectivity index (χ3v) is 3.90. The predicted molar refractivity (Wildman–Crippen MR) is 72.7 cm³/mol. The molecule has 0 atom stereocenters. The first-order chi connectivity index (χ1) is 10.1. The second-order valence-corrected chi connectivity index (χ2v) is 5.26. The van der Waals surface area contributed by atoms with E-state index in [9.17, 15) is 9.59 Å². The summed E-state index contributed by atoms with van der Waals surface area (Å²) in [6, 6.07) is 0. The van der Waals surface area contributed by atoms with Crippen LogP contribution in [0.15, 0.2) is 15.5 Å². The molecular formula is C13H17N5O3. The topological polar surface area (TPSA) is 108 Å². The maximum atomic E-state index is 12.2. The zero-order valence-electron chi connectivity index (χ0n) is 11.8. The summed E-state index contributed by atoms with van der Waals surface area (Å²) in [7, 11) is 0. The molecule has 112 valence electrons. The maximum Gasteiger partial charge on any atom is 0.434 e. The third kappa shape index (κ3) is 2.88. The van der Waals surface area contributed by atoms with Gasteiger partial charge in [-0.05, 0) is 19.8 Å². The number of piperidine rings is 1. The van der Waals surface area contributed by atoms with Gasteiger partial charge >= 0.3 is 5.76 Å². The molecule has 0 aliphatic carbocycles. The Bertz CT molecular complexity index is 678. The summed E-state index contributed by atoms with van der Waals surface area (Å²) >= 11 is 0. The second-order valence-electron chi connectivity index (χ2n) is 5.26. The molecule has 0 bridgehead atoms. The molecule has 8 heteroatoms. The van der Waals surface area contributed by atoms with Gasteiger partial charge in [-0.3, -0.25) is 4.79 Å². The first-order valence-electron chi connectivity index (χ1n) is 6.95. The van der Waals surface area contributed by atoms with E-state index in [-0.39, 0.29) is 11.8 Å².